The lowest BCUT2D eigenvalue weighted by molar-refractivity contribution is -0.384. The molecule has 29 heavy (non-hydrogen) atoms. The molecule has 11 heteroatoms. The molecule has 1 saturated heterocycles. The summed E-state index contributed by atoms with van der Waals surface area (Å²) in [5.74, 6) is -0.294. The van der Waals surface area contributed by atoms with Gasteiger partial charge in [0.05, 0.1) is 11.5 Å². The number of aromatic nitrogens is 2. The molecule has 1 atom stereocenters. The minimum absolute atomic E-state index is 0.124. The largest absolute Gasteiger partial charge is 0.401 e. The number of piperazine rings is 1. The molecule has 0 bridgehead atoms. The first-order valence-electron chi connectivity index (χ1n) is 8.93. The van der Waals surface area contributed by atoms with Crippen molar-refractivity contribution in [2.75, 3.05) is 31.1 Å². The van der Waals surface area contributed by atoms with Gasteiger partial charge in [-0.25, -0.2) is 4.98 Å². The summed E-state index contributed by atoms with van der Waals surface area (Å²) < 4.78 is 39.6. The molecule has 1 fully saturated rings. The van der Waals surface area contributed by atoms with Gasteiger partial charge in [-0.1, -0.05) is 0 Å². The summed E-state index contributed by atoms with van der Waals surface area (Å²) in [6.45, 7) is 1.20. The second kappa shape index (κ2) is 7.82. The third kappa shape index (κ3) is 4.56. The molecule has 8 nitrogen and oxygen atoms in total. The number of carbonyl (C=O) groups is 1. The van der Waals surface area contributed by atoms with Crippen molar-refractivity contribution < 1.29 is 22.9 Å². The third-order valence-electron chi connectivity index (χ3n) is 4.95. The monoisotopic (exact) mass is 411 g/mol. The van der Waals surface area contributed by atoms with Crippen LogP contribution in [0.1, 0.15) is 23.1 Å². The minimum atomic E-state index is -4.30. The zero-order valence-electron chi connectivity index (χ0n) is 15.9. The molecule has 0 spiro atoms. The van der Waals surface area contributed by atoms with Crippen LogP contribution in [-0.2, 0) is 7.05 Å². The van der Waals surface area contributed by atoms with Crippen LogP contribution in [0.2, 0.25) is 0 Å². The van der Waals surface area contributed by atoms with Gasteiger partial charge in [0, 0.05) is 56.7 Å². The Balaban J connectivity index is 1.84. The number of ketones is 1. The fourth-order valence-corrected chi connectivity index (χ4v) is 3.47. The topological polar surface area (TPSA) is 84.5 Å². The van der Waals surface area contributed by atoms with E-state index in [4.69, 9.17) is 0 Å². The van der Waals surface area contributed by atoms with Crippen LogP contribution in [0.3, 0.4) is 0 Å². The number of carbonyl (C=O) groups excluding carboxylic acids is 1. The third-order valence-corrected chi connectivity index (χ3v) is 4.95. The fourth-order valence-electron chi connectivity index (χ4n) is 3.47. The second-order valence-corrected chi connectivity index (χ2v) is 7.03. The molecular weight excluding hydrogens is 391 g/mol. The van der Waals surface area contributed by atoms with Gasteiger partial charge in [-0.2, -0.15) is 13.2 Å². The predicted octanol–water partition coefficient (Wildman–Crippen LogP) is 2.63. The number of halogens is 3. The first-order valence-corrected chi connectivity index (χ1v) is 8.93. The van der Waals surface area contributed by atoms with E-state index in [1.54, 1.807) is 25.1 Å². The summed E-state index contributed by atoms with van der Waals surface area (Å²) in [7, 11) is 1.64. The Labute approximate surface area is 164 Å². The van der Waals surface area contributed by atoms with Crippen LogP contribution in [0.5, 0.6) is 0 Å². The Bertz CT molecular complexity index is 928. The molecule has 0 saturated carbocycles. The van der Waals surface area contributed by atoms with Crippen LogP contribution in [0.25, 0.3) is 0 Å². The van der Waals surface area contributed by atoms with E-state index in [9.17, 15) is 28.1 Å². The summed E-state index contributed by atoms with van der Waals surface area (Å²) in [6.07, 6.45) is -1.24. The molecule has 1 aliphatic heterocycles. The van der Waals surface area contributed by atoms with E-state index in [1.165, 1.54) is 33.9 Å². The first-order chi connectivity index (χ1) is 13.6. The maximum atomic E-state index is 12.7. The Morgan fingerprint density at radius 2 is 2.07 bits per heavy atom. The van der Waals surface area contributed by atoms with Crippen LogP contribution in [0.15, 0.2) is 30.6 Å². The summed E-state index contributed by atoms with van der Waals surface area (Å²) in [5, 5.41) is 11.6. The Morgan fingerprint density at radius 1 is 1.34 bits per heavy atom. The zero-order chi connectivity index (χ0) is 21.3. The van der Waals surface area contributed by atoms with Crippen molar-refractivity contribution in [1.29, 1.82) is 0 Å². The normalized spacial score (nSPS) is 18.1. The molecule has 0 N–H and O–H groups in total. The van der Waals surface area contributed by atoms with Gasteiger partial charge < -0.3 is 9.47 Å². The lowest BCUT2D eigenvalue weighted by Gasteiger charge is -2.40. The van der Waals surface area contributed by atoms with E-state index >= 15 is 0 Å². The highest BCUT2D eigenvalue weighted by molar-refractivity contribution is 6.07. The zero-order valence-corrected chi connectivity index (χ0v) is 15.9. The number of rotatable bonds is 5. The van der Waals surface area contributed by atoms with Gasteiger partial charge in [0.1, 0.15) is 5.69 Å². The summed E-state index contributed by atoms with van der Waals surface area (Å²) in [5.41, 5.74) is 0.143. The van der Waals surface area contributed by atoms with Gasteiger partial charge in [0.2, 0.25) is 5.78 Å². The average Bonchev–Trinajstić information content (AvgIpc) is 3.07. The van der Waals surface area contributed by atoms with Crippen molar-refractivity contribution in [3.05, 3.63) is 52.1 Å². The number of anilines is 1. The minimum Gasteiger partial charge on any atom is -0.363 e. The van der Waals surface area contributed by atoms with Crippen molar-refractivity contribution in [3.8, 4) is 0 Å². The number of imidazole rings is 1. The Kier molecular flexibility index (Phi) is 5.60. The van der Waals surface area contributed by atoms with E-state index < -0.39 is 29.5 Å². The highest BCUT2D eigenvalue weighted by Gasteiger charge is 2.36. The van der Waals surface area contributed by atoms with Gasteiger partial charge in [-0.05, 0) is 19.1 Å². The van der Waals surface area contributed by atoms with E-state index in [1.807, 2.05) is 0 Å². The van der Waals surface area contributed by atoms with E-state index in [0.29, 0.717) is 0 Å². The van der Waals surface area contributed by atoms with Gasteiger partial charge in [-0.3, -0.25) is 19.8 Å². The van der Waals surface area contributed by atoms with Crippen molar-refractivity contribution in [1.82, 2.24) is 14.5 Å². The highest BCUT2D eigenvalue weighted by Crippen LogP contribution is 2.32. The van der Waals surface area contributed by atoms with Crippen molar-refractivity contribution >= 4 is 17.2 Å². The molecule has 0 aliphatic carbocycles. The SMILES string of the molecule is CC1CN(c2ccc(C(=O)c3nccn3C)cc2[N+](=O)[O-])CCN1CC(F)(F)F. The van der Waals surface area contributed by atoms with Crippen molar-refractivity contribution in [2.24, 2.45) is 7.05 Å². The molecule has 3 rings (SSSR count). The molecular formula is C18H20F3N5O3. The summed E-state index contributed by atoms with van der Waals surface area (Å²) >= 11 is 0. The second-order valence-electron chi connectivity index (χ2n) is 7.03. The van der Waals surface area contributed by atoms with Crippen LogP contribution < -0.4 is 4.90 Å². The fraction of sp³-hybridized carbons (Fsp3) is 0.444. The molecule has 2 heterocycles. The molecule has 0 radical (unpaired) electrons. The lowest BCUT2D eigenvalue weighted by Crippen LogP contribution is -2.54. The van der Waals surface area contributed by atoms with Crippen LogP contribution in [0, 0.1) is 10.1 Å². The Morgan fingerprint density at radius 3 is 2.62 bits per heavy atom. The van der Waals surface area contributed by atoms with Crippen molar-refractivity contribution in [3.63, 3.8) is 0 Å². The predicted molar refractivity (Wildman–Crippen MR) is 99.0 cm³/mol. The van der Waals surface area contributed by atoms with Gasteiger partial charge in [-0.15, -0.1) is 0 Å². The summed E-state index contributed by atoms with van der Waals surface area (Å²) in [6, 6.07) is 3.71. The molecule has 1 unspecified atom stereocenters. The van der Waals surface area contributed by atoms with Crippen molar-refractivity contribution in [2.45, 2.75) is 19.1 Å². The van der Waals surface area contributed by atoms with Gasteiger partial charge in [0.15, 0.2) is 5.82 Å². The maximum Gasteiger partial charge on any atom is 0.401 e. The van der Waals surface area contributed by atoms with E-state index in [-0.39, 0.29) is 42.4 Å². The number of hydrogen-bond donors (Lipinski definition) is 0. The van der Waals surface area contributed by atoms with Crippen LogP contribution in [0.4, 0.5) is 24.5 Å². The molecule has 1 aliphatic rings. The number of hydrogen-bond acceptors (Lipinski definition) is 6. The number of nitro groups is 1. The number of alkyl halides is 3. The van der Waals surface area contributed by atoms with Gasteiger partial charge >= 0.3 is 6.18 Å². The standard InChI is InChI=1S/C18H20F3N5O3/c1-12-10-24(7-8-25(12)11-18(19,20)21)14-4-3-13(9-15(14)26(28)29)16(27)17-22-5-6-23(17)2/h3-6,9,12H,7-8,10-11H2,1-2H3. The molecule has 1 aromatic heterocycles. The highest BCUT2D eigenvalue weighted by atomic mass is 19.4. The van der Waals surface area contributed by atoms with E-state index in [2.05, 4.69) is 4.98 Å². The average molecular weight is 411 g/mol. The van der Waals surface area contributed by atoms with Crippen LogP contribution >= 0.6 is 0 Å². The molecule has 2 aromatic rings. The van der Waals surface area contributed by atoms with Crippen LogP contribution in [-0.4, -0.2) is 63.6 Å². The summed E-state index contributed by atoms with van der Waals surface area (Å²) in [4.78, 5) is 30.6. The molecule has 0 amide bonds. The van der Waals surface area contributed by atoms with Gasteiger partial charge in [0.25, 0.3) is 5.69 Å². The molecule has 156 valence electrons. The maximum absolute atomic E-state index is 12.7. The smallest absolute Gasteiger partial charge is 0.363 e. The number of aryl methyl sites for hydroxylation is 1. The Hall–Kier alpha value is -2.95. The molecule has 1 aromatic carbocycles. The lowest BCUT2D eigenvalue weighted by atomic mass is 10.1. The quantitative estimate of drug-likeness (QED) is 0.427. The number of nitrogens with zero attached hydrogens (tertiary/aromatic N) is 5. The number of nitro benzene ring substituents is 1. The number of benzene rings is 1. The van der Waals surface area contributed by atoms with E-state index in [0.717, 1.165) is 0 Å². The first kappa shape index (κ1) is 20.8.